The summed E-state index contributed by atoms with van der Waals surface area (Å²) in [6.45, 7) is 9.51. The van der Waals surface area contributed by atoms with Gasteiger partial charge in [0.1, 0.15) is 0 Å². The summed E-state index contributed by atoms with van der Waals surface area (Å²) < 4.78 is 0. The summed E-state index contributed by atoms with van der Waals surface area (Å²) in [7, 11) is 4.22. The van der Waals surface area contributed by atoms with E-state index in [9.17, 15) is 0 Å². The van der Waals surface area contributed by atoms with E-state index < -0.39 is 0 Å². The summed E-state index contributed by atoms with van der Waals surface area (Å²) in [4.78, 5) is 9.55. The van der Waals surface area contributed by atoms with Crippen molar-refractivity contribution in [2.45, 2.75) is 51.7 Å². The van der Waals surface area contributed by atoms with E-state index >= 15 is 0 Å². The zero-order valence-corrected chi connectivity index (χ0v) is 19.8. The highest BCUT2D eigenvalue weighted by atomic mass is 127. The van der Waals surface area contributed by atoms with Crippen molar-refractivity contribution < 1.29 is 0 Å². The lowest BCUT2D eigenvalue weighted by Crippen LogP contribution is -2.51. The third kappa shape index (κ3) is 9.25. The fraction of sp³-hybridized carbons (Fsp3) is 0.667. The van der Waals surface area contributed by atoms with Crippen molar-refractivity contribution in [3.8, 4) is 0 Å². The highest BCUT2D eigenvalue weighted by molar-refractivity contribution is 14.0. The number of benzene rings is 1. The second-order valence-electron chi connectivity index (χ2n) is 7.59. The van der Waals surface area contributed by atoms with E-state index in [0.29, 0.717) is 12.1 Å². The maximum Gasteiger partial charge on any atom is 0.191 e. The number of hydrogen-bond donors (Lipinski definition) is 2. The molecule has 0 aromatic heterocycles. The third-order valence-electron chi connectivity index (χ3n) is 4.96. The average Bonchev–Trinajstić information content (AvgIpc) is 2.62. The standard InChI is InChI=1S/C21H37N5.HI/c1-5-22-21(23-13-9-14-25(3)4)24-20-12-15-26(18(2)16-20)17-19-10-7-6-8-11-19;/h6-8,10-11,18,20H,5,9,12-17H2,1-4H3,(H2,22,23,24);1H. The van der Waals surface area contributed by atoms with Gasteiger partial charge in [-0.05, 0) is 59.3 Å². The molecule has 1 aliphatic heterocycles. The highest BCUT2D eigenvalue weighted by Crippen LogP contribution is 2.19. The molecule has 0 amide bonds. The Labute approximate surface area is 183 Å². The van der Waals surface area contributed by atoms with E-state index in [2.05, 4.69) is 78.7 Å². The lowest BCUT2D eigenvalue weighted by atomic mass is 9.97. The molecule has 27 heavy (non-hydrogen) atoms. The molecule has 1 heterocycles. The van der Waals surface area contributed by atoms with Crippen LogP contribution in [0.15, 0.2) is 35.3 Å². The van der Waals surface area contributed by atoms with Crippen LogP contribution in [0, 0.1) is 0 Å². The Morgan fingerprint density at radius 3 is 2.63 bits per heavy atom. The van der Waals surface area contributed by atoms with Gasteiger partial charge in [0.25, 0.3) is 0 Å². The SMILES string of the molecule is CCNC(=NCCCN(C)C)NC1CCN(Cc2ccccc2)C(C)C1.I. The molecule has 2 rings (SSSR count). The average molecular weight is 487 g/mol. The molecule has 0 aliphatic carbocycles. The van der Waals surface area contributed by atoms with Crippen LogP contribution in [0.2, 0.25) is 0 Å². The van der Waals surface area contributed by atoms with E-state index in [0.717, 1.165) is 51.5 Å². The van der Waals surface area contributed by atoms with Crippen LogP contribution in [0.1, 0.15) is 38.7 Å². The number of nitrogens with zero attached hydrogens (tertiary/aromatic N) is 3. The number of nitrogens with one attached hydrogen (secondary N) is 2. The first-order valence-electron chi connectivity index (χ1n) is 10.1. The number of guanidine groups is 1. The summed E-state index contributed by atoms with van der Waals surface area (Å²) in [5.41, 5.74) is 1.40. The highest BCUT2D eigenvalue weighted by Gasteiger charge is 2.25. The molecule has 1 fully saturated rings. The minimum absolute atomic E-state index is 0. The quantitative estimate of drug-likeness (QED) is 0.256. The van der Waals surface area contributed by atoms with E-state index in [1.54, 1.807) is 0 Å². The Hall–Kier alpha value is -0.860. The second-order valence-corrected chi connectivity index (χ2v) is 7.59. The molecule has 6 heteroatoms. The van der Waals surface area contributed by atoms with Crippen molar-refractivity contribution in [1.82, 2.24) is 20.4 Å². The minimum Gasteiger partial charge on any atom is -0.357 e. The van der Waals surface area contributed by atoms with Crippen LogP contribution in [0.5, 0.6) is 0 Å². The van der Waals surface area contributed by atoms with Crippen molar-refractivity contribution in [1.29, 1.82) is 0 Å². The zero-order chi connectivity index (χ0) is 18.8. The molecule has 0 bridgehead atoms. The Balaban J connectivity index is 0.00000364. The Morgan fingerprint density at radius 2 is 2.00 bits per heavy atom. The van der Waals surface area contributed by atoms with Gasteiger partial charge in [-0.25, -0.2) is 0 Å². The van der Waals surface area contributed by atoms with E-state index in [-0.39, 0.29) is 24.0 Å². The van der Waals surface area contributed by atoms with Crippen LogP contribution in [-0.4, -0.2) is 68.1 Å². The minimum atomic E-state index is 0. The van der Waals surface area contributed by atoms with Gasteiger partial charge in [0.2, 0.25) is 0 Å². The summed E-state index contributed by atoms with van der Waals surface area (Å²) >= 11 is 0. The van der Waals surface area contributed by atoms with Crippen molar-refractivity contribution in [3.05, 3.63) is 35.9 Å². The molecule has 154 valence electrons. The summed E-state index contributed by atoms with van der Waals surface area (Å²) in [6, 6.07) is 11.9. The number of rotatable bonds is 8. The number of hydrogen-bond acceptors (Lipinski definition) is 3. The van der Waals surface area contributed by atoms with Crippen LogP contribution in [-0.2, 0) is 6.54 Å². The maximum absolute atomic E-state index is 4.75. The number of halogens is 1. The lowest BCUT2D eigenvalue weighted by Gasteiger charge is -2.38. The van der Waals surface area contributed by atoms with Crippen molar-refractivity contribution >= 4 is 29.9 Å². The maximum atomic E-state index is 4.75. The Morgan fingerprint density at radius 1 is 1.26 bits per heavy atom. The molecular weight excluding hydrogens is 449 g/mol. The first kappa shape index (κ1) is 24.2. The predicted molar refractivity (Wildman–Crippen MR) is 127 cm³/mol. The summed E-state index contributed by atoms with van der Waals surface area (Å²) in [5, 5.41) is 7.05. The van der Waals surface area contributed by atoms with Gasteiger partial charge in [-0.15, -0.1) is 24.0 Å². The van der Waals surface area contributed by atoms with E-state index in [1.165, 1.54) is 12.0 Å². The molecular formula is C21H38IN5. The van der Waals surface area contributed by atoms with Crippen LogP contribution in [0.4, 0.5) is 0 Å². The lowest BCUT2D eigenvalue weighted by molar-refractivity contribution is 0.134. The molecule has 1 saturated heterocycles. The fourth-order valence-corrected chi connectivity index (χ4v) is 3.50. The smallest absolute Gasteiger partial charge is 0.191 e. The van der Waals surface area contributed by atoms with Crippen LogP contribution >= 0.6 is 24.0 Å². The summed E-state index contributed by atoms with van der Waals surface area (Å²) in [5.74, 6) is 0.972. The molecule has 1 aliphatic rings. The van der Waals surface area contributed by atoms with Gasteiger partial charge in [-0.3, -0.25) is 9.89 Å². The van der Waals surface area contributed by atoms with Crippen LogP contribution in [0.3, 0.4) is 0 Å². The Bertz CT molecular complexity index is 535. The normalized spacial score (nSPS) is 21.0. The molecule has 1 aromatic carbocycles. The molecule has 2 N–H and O–H groups in total. The van der Waals surface area contributed by atoms with Crippen molar-refractivity contribution in [3.63, 3.8) is 0 Å². The zero-order valence-electron chi connectivity index (χ0n) is 17.4. The Kier molecular flexibility index (Phi) is 11.9. The molecule has 1 aromatic rings. The van der Waals surface area contributed by atoms with Gasteiger partial charge >= 0.3 is 0 Å². The topological polar surface area (TPSA) is 42.9 Å². The largest absolute Gasteiger partial charge is 0.357 e. The first-order valence-corrected chi connectivity index (χ1v) is 10.1. The van der Waals surface area contributed by atoms with Gasteiger partial charge in [-0.1, -0.05) is 30.3 Å². The van der Waals surface area contributed by atoms with Gasteiger partial charge in [0.15, 0.2) is 5.96 Å². The van der Waals surface area contributed by atoms with Crippen molar-refractivity contribution in [2.24, 2.45) is 4.99 Å². The van der Waals surface area contributed by atoms with Crippen LogP contribution in [0.25, 0.3) is 0 Å². The molecule has 0 spiro atoms. The molecule has 0 saturated carbocycles. The van der Waals surface area contributed by atoms with E-state index in [4.69, 9.17) is 4.99 Å². The third-order valence-corrected chi connectivity index (χ3v) is 4.96. The molecule has 5 nitrogen and oxygen atoms in total. The summed E-state index contributed by atoms with van der Waals surface area (Å²) in [6.07, 6.45) is 3.42. The predicted octanol–water partition coefficient (Wildman–Crippen LogP) is 3.16. The number of aliphatic imine (C=N–C) groups is 1. The molecule has 2 atom stereocenters. The fourth-order valence-electron chi connectivity index (χ4n) is 3.50. The first-order chi connectivity index (χ1) is 12.6. The van der Waals surface area contributed by atoms with Crippen molar-refractivity contribution in [2.75, 3.05) is 40.3 Å². The van der Waals surface area contributed by atoms with Gasteiger partial charge in [0.05, 0.1) is 0 Å². The van der Waals surface area contributed by atoms with E-state index in [1.807, 2.05) is 0 Å². The molecule has 2 unspecified atom stereocenters. The number of likely N-dealkylation sites (tertiary alicyclic amines) is 1. The molecule has 0 radical (unpaired) electrons. The van der Waals surface area contributed by atoms with Gasteiger partial charge in [-0.2, -0.15) is 0 Å². The second kappa shape index (κ2) is 13.3. The number of piperidine rings is 1. The van der Waals surface area contributed by atoms with Gasteiger partial charge < -0.3 is 15.5 Å². The monoisotopic (exact) mass is 487 g/mol. The van der Waals surface area contributed by atoms with Gasteiger partial charge in [0, 0.05) is 38.3 Å². The van der Waals surface area contributed by atoms with Crippen LogP contribution < -0.4 is 10.6 Å².